The van der Waals surface area contributed by atoms with Gasteiger partial charge in [0.1, 0.15) is 11.8 Å². The van der Waals surface area contributed by atoms with Crippen molar-refractivity contribution in [2.24, 2.45) is 0 Å². The molecule has 0 amide bonds. The van der Waals surface area contributed by atoms with Crippen LogP contribution in [-0.2, 0) is 11.3 Å². The van der Waals surface area contributed by atoms with Gasteiger partial charge in [0.25, 0.3) is 0 Å². The predicted octanol–water partition coefficient (Wildman–Crippen LogP) is 2.10. The van der Waals surface area contributed by atoms with Gasteiger partial charge in [-0.25, -0.2) is 0 Å². The van der Waals surface area contributed by atoms with Crippen molar-refractivity contribution in [1.29, 1.82) is 5.26 Å². The van der Waals surface area contributed by atoms with Gasteiger partial charge in [0, 0.05) is 6.61 Å². The van der Waals surface area contributed by atoms with E-state index in [-0.39, 0.29) is 0 Å². The molecule has 3 heteroatoms. The van der Waals surface area contributed by atoms with E-state index >= 15 is 0 Å². The molecule has 0 saturated heterocycles. The minimum atomic E-state index is 0.549. The molecule has 0 spiro atoms. The SMILES string of the molecule is CCOCc1ccc(C#N)c(OC)c1. The van der Waals surface area contributed by atoms with Crippen LogP contribution in [0.15, 0.2) is 18.2 Å². The summed E-state index contributed by atoms with van der Waals surface area (Å²) >= 11 is 0. The summed E-state index contributed by atoms with van der Waals surface area (Å²) in [7, 11) is 1.56. The molecule has 0 aromatic heterocycles. The fourth-order valence-corrected chi connectivity index (χ4v) is 1.14. The third-order valence-corrected chi connectivity index (χ3v) is 1.86. The van der Waals surface area contributed by atoms with E-state index in [0.29, 0.717) is 24.5 Å². The second-order valence-electron chi connectivity index (χ2n) is 2.78. The Labute approximate surface area is 83.9 Å². The number of methoxy groups -OCH3 is 1. The first kappa shape index (κ1) is 10.6. The van der Waals surface area contributed by atoms with Gasteiger partial charge in [-0.1, -0.05) is 6.07 Å². The maximum absolute atomic E-state index is 8.76. The van der Waals surface area contributed by atoms with E-state index in [4.69, 9.17) is 14.7 Å². The fourth-order valence-electron chi connectivity index (χ4n) is 1.14. The molecule has 0 aliphatic rings. The smallest absolute Gasteiger partial charge is 0.136 e. The maximum atomic E-state index is 8.76. The van der Waals surface area contributed by atoms with E-state index in [0.717, 1.165) is 5.56 Å². The average Bonchev–Trinajstić information content (AvgIpc) is 2.25. The van der Waals surface area contributed by atoms with Crippen LogP contribution in [0.3, 0.4) is 0 Å². The summed E-state index contributed by atoms with van der Waals surface area (Å²) < 4.78 is 10.3. The van der Waals surface area contributed by atoms with Gasteiger partial charge in [-0.2, -0.15) is 5.26 Å². The number of rotatable bonds is 4. The van der Waals surface area contributed by atoms with Gasteiger partial charge in [0.05, 0.1) is 19.3 Å². The number of hydrogen-bond donors (Lipinski definition) is 0. The molecule has 0 saturated carbocycles. The summed E-state index contributed by atoms with van der Waals surface area (Å²) in [5.74, 6) is 0.602. The van der Waals surface area contributed by atoms with Crippen LogP contribution in [0.1, 0.15) is 18.1 Å². The van der Waals surface area contributed by atoms with Crippen molar-refractivity contribution in [3.63, 3.8) is 0 Å². The summed E-state index contributed by atoms with van der Waals surface area (Å²) in [6.07, 6.45) is 0. The van der Waals surface area contributed by atoms with E-state index in [2.05, 4.69) is 6.07 Å². The molecule has 74 valence electrons. The molecular weight excluding hydrogens is 178 g/mol. The predicted molar refractivity (Wildman–Crippen MR) is 53.0 cm³/mol. The molecule has 14 heavy (non-hydrogen) atoms. The quantitative estimate of drug-likeness (QED) is 0.731. The first-order chi connectivity index (χ1) is 6.81. The Morgan fingerprint density at radius 1 is 1.43 bits per heavy atom. The van der Waals surface area contributed by atoms with Gasteiger partial charge in [0.2, 0.25) is 0 Å². The molecule has 0 aliphatic carbocycles. The maximum Gasteiger partial charge on any atom is 0.136 e. The van der Waals surface area contributed by atoms with Gasteiger partial charge >= 0.3 is 0 Å². The van der Waals surface area contributed by atoms with E-state index in [1.165, 1.54) is 0 Å². The Kier molecular flexibility index (Phi) is 3.96. The molecule has 0 bridgehead atoms. The third-order valence-electron chi connectivity index (χ3n) is 1.86. The molecule has 0 radical (unpaired) electrons. The van der Waals surface area contributed by atoms with Gasteiger partial charge in [-0.3, -0.25) is 0 Å². The fraction of sp³-hybridized carbons (Fsp3) is 0.364. The van der Waals surface area contributed by atoms with E-state index in [9.17, 15) is 0 Å². The number of nitriles is 1. The largest absolute Gasteiger partial charge is 0.495 e. The molecule has 0 N–H and O–H groups in total. The van der Waals surface area contributed by atoms with Crippen LogP contribution in [0.25, 0.3) is 0 Å². The second kappa shape index (κ2) is 5.25. The lowest BCUT2D eigenvalue weighted by atomic mass is 10.1. The minimum absolute atomic E-state index is 0.549. The monoisotopic (exact) mass is 191 g/mol. The van der Waals surface area contributed by atoms with Crippen molar-refractivity contribution in [3.05, 3.63) is 29.3 Å². The van der Waals surface area contributed by atoms with Crippen LogP contribution in [-0.4, -0.2) is 13.7 Å². The summed E-state index contributed by atoms with van der Waals surface area (Å²) in [6, 6.07) is 7.51. The van der Waals surface area contributed by atoms with Crippen LogP contribution >= 0.6 is 0 Å². The van der Waals surface area contributed by atoms with Crippen molar-refractivity contribution >= 4 is 0 Å². The summed E-state index contributed by atoms with van der Waals surface area (Å²) in [6.45, 7) is 3.18. The summed E-state index contributed by atoms with van der Waals surface area (Å²) in [5.41, 5.74) is 1.57. The van der Waals surface area contributed by atoms with Crippen molar-refractivity contribution in [2.45, 2.75) is 13.5 Å². The average molecular weight is 191 g/mol. The Morgan fingerprint density at radius 3 is 2.79 bits per heavy atom. The summed E-state index contributed by atoms with van der Waals surface area (Å²) in [4.78, 5) is 0. The minimum Gasteiger partial charge on any atom is -0.495 e. The highest BCUT2D eigenvalue weighted by atomic mass is 16.5. The lowest BCUT2D eigenvalue weighted by Crippen LogP contribution is -1.94. The van der Waals surface area contributed by atoms with Gasteiger partial charge < -0.3 is 9.47 Å². The van der Waals surface area contributed by atoms with Gasteiger partial charge in [-0.15, -0.1) is 0 Å². The number of ether oxygens (including phenoxy) is 2. The number of benzene rings is 1. The molecule has 3 nitrogen and oxygen atoms in total. The Bertz CT molecular complexity index is 342. The Balaban J connectivity index is 2.86. The standard InChI is InChI=1S/C11H13NO2/c1-3-14-8-9-4-5-10(7-12)11(6-9)13-2/h4-6H,3,8H2,1-2H3. The van der Waals surface area contributed by atoms with E-state index in [1.807, 2.05) is 19.1 Å². The zero-order valence-corrected chi connectivity index (χ0v) is 8.41. The van der Waals surface area contributed by atoms with Crippen LogP contribution in [0.5, 0.6) is 5.75 Å². The number of nitrogens with zero attached hydrogens (tertiary/aromatic N) is 1. The lowest BCUT2D eigenvalue weighted by molar-refractivity contribution is 0.134. The normalized spacial score (nSPS) is 9.50. The molecule has 0 heterocycles. The zero-order chi connectivity index (χ0) is 10.4. The Morgan fingerprint density at radius 2 is 2.21 bits per heavy atom. The van der Waals surface area contributed by atoms with Crippen molar-refractivity contribution in [1.82, 2.24) is 0 Å². The second-order valence-corrected chi connectivity index (χ2v) is 2.78. The number of hydrogen-bond acceptors (Lipinski definition) is 3. The molecular formula is C11H13NO2. The highest BCUT2D eigenvalue weighted by Gasteiger charge is 2.02. The van der Waals surface area contributed by atoms with E-state index in [1.54, 1.807) is 13.2 Å². The van der Waals surface area contributed by atoms with Crippen molar-refractivity contribution < 1.29 is 9.47 Å². The highest BCUT2D eigenvalue weighted by molar-refractivity contribution is 5.45. The van der Waals surface area contributed by atoms with Crippen LogP contribution < -0.4 is 4.74 Å². The molecule has 0 aliphatic heterocycles. The van der Waals surface area contributed by atoms with Crippen LogP contribution in [0.4, 0.5) is 0 Å². The van der Waals surface area contributed by atoms with E-state index < -0.39 is 0 Å². The third kappa shape index (κ3) is 2.48. The molecule has 1 aromatic carbocycles. The Hall–Kier alpha value is -1.53. The lowest BCUT2D eigenvalue weighted by Gasteiger charge is -2.06. The molecule has 1 rings (SSSR count). The molecule has 0 fully saturated rings. The topological polar surface area (TPSA) is 42.2 Å². The molecule has 0 unspecified atom stereocenters. The zero-order valence-electron chi connectivity index (χ0n) is 8.41. The molecule has 1 aromatic rings. The van der Waals surface area contributed by atoms with Crippen LogP contribution in [0.2, 0.25) is 0 Å². The first-order valence-electron chi connectivity index (χ1n) is 4.46. The van der Waals surface area contributed by atoms with Gasteiger partial charge in [0.15, 0.2) is 0 Å². The van der Waals surface area contributed by atoms with Crippen LogP contribution in [0, 0.1) is 11.3 Å². The van der Waals surface area contributed by atoms with Crippen molar-refractivity contribution in [2.75, 3.05) is 13.7 Å². The van der Waals surface area contributed by atoms with Crippen molar-refractivity contribution in [3.8, 4) is 11.8 Å². The highest BCUT2D eigenvalue weighted by Crippen LogP contribution is 2.19. The first-order valence-corrected chi connectivity index (χ1v) is 4.46. The summed E-state index contributed by atoms with van der Waals surface area (Å²) in [5, 5.41) is 8.76. The van der Waals surface area contributed by atoms with Gasteiger partial charge in [-0.05, 0) is 24.6 Å². The molecule has 0 atom stereocenters.